The Morgan fingerprint density at radius 3 is 2.55 bits per heavy atom. The number of carbonyl (C=O) groups is 1. The van der Waals surface area contributed by atoms with Gasteiger partial charge in [0.25, 0.3) is 5.91 Å². The summed E-state index contributed by atoms with van der Waals surface area (Å²) in [4.78, 5) is 13.3. The Morgan fingerprint density at radius 1 is 1.10 bits per heavy atom. The number of nitrogens with one attached hydrogen (secondary N) is 1. The van der Waals surface area contributed by atoms with Gasteiger partial charge in [-0.2, -0.15) is 4.73 Å². The van der Waals surface area contributed by atoms with E-state index in [1.807, 2.05) is 36.4 Å². The first-order valence-corrected chi connectivity index (χ1v) is 11.1. The number of fused-ring (bicyclic) bond motifs is 3. The molecule has 5 nitrogen and oxygen atoms in total. The first-order valence-electron chi connectivity index (χ1n) is 10.3. The standard InChI is InChI=1S/C24H20Cl2N2O3/c25-18-12-28(30)13-19(26)22(18)27-24(29)17-10-9-15(11-14-5-1-2-6-14)23-21(17)16-7-3-4-8-20(16)31-23/h3-4,7-10,12-14H,1-2,5-6,11H2,(H,27,29). The van der Waals surface area contributed by atoms with Crippen LogP contribution in [-0.4, -0.2) is 5.91 Å². The van der Waals surface area contributed by atoms with Crippen molar-refractivity contribution in [1.82, 2.24) is 0 Å². The maximum atomic E-state index is 13.3. The average Bonchev–Trinajstić information content (AvgIpc) is 3.38. The zero-order valence-electron chi connectivity index (χ0n) is 16.7. The number of anilines is 1. The predicted molar refractivity (Wildman–Crippen MR) is 123 cm³/mol. The smallest absolute Gasteiger partial charge is 0.256 e. The number of hydrogen-bond donors (Lipinski definition) is 1. The lowest BCUT2D eigenvalue weighted by Gasteiger charge is -2.12. The lowest BCUT2D eigenvalue weighted by atomic mass is 9.94. The molecule has 0 unspecified atom stereocenters. The second-order valence-corrected chi connectivity index (χ2v) is 8.89. The van der Waals surface area contributed by atoms with Crippen molar-refractivity contribution < 1.29 is 13.9 Å². The van der Waals surface area contributed by atoms with Crippen LogP contribution in [0.4, 0.5) is 5.69 Å². The van der Waals surface area contributed by atoms with Gasteiger partial charge in [0.2, 0.25) is 12.4 Å². The van der Waals surface area contributed by atoms with Gasteiger partial charge in [0.05, 0.1) is 11.3 Å². The molecule has 0 bridgehead atoms. The fraction of sp³-hybridized carbons (Fsp3) is 0.250. The molecule has 1 amide bonds. The number of amides is 1. The quantitative estimate of drug-likeness (QED) is 0.282. The fourth-order valence-corrected chi connectivity index (χ4v) is 5.10. The van der Waals surface area contributed by atoms with Crippen LogP contribution in [0.25, 0.3) is 21.9 Å². The minimum Gasteiger partial charge on any atom is -0.619 e. The summed E-state index contributed by atoms with van der Waals surface area (Å²) in [6.07, 6.45) is 8.25. The third-order valence-electron chi connectivity index (χ3n) is 6.03. The van der Waals surface area contributed by atoms with Gasteiger partial charge in [-0.05, 0) is 30.0 Å². The minimum absolute atomic E-state index is 0.0713. The largest absolute Gasteiger partial charge is 0.619 e. The van der Waals surface area contributed by atoms with E-state index in [2.05, 4.69) is 5.32 Å². The third-order valence-corrected chi connectivity index (χ3v) is 6.61. The van der Waals surface area contributed by atoms with Crippen LogP contribution >= 0.6 is 23.2 Å². The molecule has 31 heavy (non-hydrogen) atoms. The summed E-state index contributed by atoms with van der Waals surface area (Å²) in [6.45, 7) is 0. The number of rotatable bonds is 4. The number of carbonyl (C=O) groups excluding carboxylic acids is 1. The van der Waals surface area contributed by atoms with Gasteiger partial charge >= 0.3 is 0 Å². The molecule has 7 heteroatoms. The van der Waals surface area contributed by atoms with Crippen molar-refractivity contribution in [2.45, 2.75) is 32.1 Å². The molecule has 1 saturated carbocycles. The number of para-hydroxylation sites is 1. The summed E-state index contributed by atoms with van der Waals surface area (Å²) in [6, 6.07) is 11.5. The Bertz CT molecular complexity index is 1290. The van der Waals surface area contributed by atoms with Crippen LogP contribution in [0.1, 0.15) is 41.6 Å². The summed E-state index contributed by atoms with van der Waals surface area (Å²) in [5.74, 6) is 0.285. The van der Waals surface area contributed by atoms with Gasteiger partial charge in [-0.3, -0.25) is 4.79 Å². The highest BCUT2D eigenvalue weighted by molar-refractivity contribution is 6.39. The Labute approximate surface area is 189 Å². The first-order chi connectivity index (χ1) is 15.0. The third kappa shape index (κ3) is 3.73. The highest BCUT2D eigenvalue weighted by Gasteiger charge is 2.23. The molecule has 158 valence electrons. The Hall–Kier alpha value is -2.76. The second-order valence-electron chi connectivity index (χ2n) is 8.07. The predicted octanol–water partition coefficient (Wildman–Crippen LogP) is 6.51. The molecule has 5 rings (SSSR count). The van der Waals surface area contributed by atoms with Crippen LogP contribution in [0.5, 0.6) is 0 Å². The zero-order chi connectivity index (χ0) is 21.5. The van der Waals surface area contributed by atoms with Crippen LogP contribution < -0.4 is 10.0 Å². The minimum atomic E-state index is -0.364. The molecular formula is C24H20Cl2N2O3. The Balaban J connectivity index is 1.61. The number of nitrogens with zero attached hydrogens (tertiary/aromatic N) is 1. The number of pyridine rings is 1. The maximum absolute atomic E-state index is 13.3. The van der Waals surface area contributed by atoms with E-state index < -0.39 is 0 Å². The normalized spacial score (nSPS) is 14.5. The van der Waals surface area contributed by atoms with Crippen LogP contribution in [0.2, 0.25) is 10.0 Å². The van der Waals surface area contributed by atoms with Crippen molar-refractivity contribution in [2.24, 2.45) is 5.92 Å². The zero-order valence-corrected chi connectivity index (χ0v) is 18.2. The van der Waals surface area contributed by atoms with Crippen molar-refractivity contribution >= 4 is 56.7 Å². The van der Waals surface area contributed by atoms with Crippen LogP contribution in [0.15, 0.2) is 53.2 Å². The van der Waals surface area contributed by atoms with E-state index in [0.29, 0.717) is 16.2 Å². The van der Waals surface area contributed by atoms with Crippen molar-refractivity contribution in [3.63, 3.8) is 0 Å². The van der Waals surface area contributed by atoms with E-state index >= 15 is 0 Å². The van der Waals surface area contributed by atoms with Crippen molar-refractivity contribution in [3.8, 4) is 0 Å². The van der Waals surface area contributed by atoms with Crippen molar-refractivity contribution in [3.05, 3.63) is 75.2 Å². The van der Waals surface area contributed by atoms with E-state index in [-0.39, 0.29) is 21.6 Å². The Kier molecular flexibility index (Phi) is 5.24. The average molecular weight is 455 g/mol. The number of halogens is 2. The highest BCUT2D eigenvalue weighted by atomic mass is 35.5. The van der Waals surface area contributed by atoms with E-state index in [9.17, 15) is 10.0 Å². The van der Waals surface area contributed by atoms with Gasteiger partial charge in [-0.15, -0.1) is 0 Å². The second kappa shape index (κ2) is 8.06. The molecule has 4 aromatic rings. The summed E-state index contributed by atoms with van der Waals surface area (Å²) in [7, 11) is 0. The van der Waals surface area contributed by atoms with E-state index in [4.69, 9.17) is 27.6 Å². The van der Waals surface area contributed by atoms with Crippen molar-refractivity contribution in [2.75, 3.05) is 5.32 Å². The molecular weight excluding hydrogens is 435 g/mol. The SMILES string of the molecule is O=C(Nc1c(Cl)c[n+]([O-])cc1Cl)c1ccc(CC2CCCC2)c2oc3ccccc3c12. The summed E-state index contributed by atoms with van der Waals surface area (Å²) >= 11 is 12.3. The van der Waals surface area contributed by atoms with E-state index in [0.717, 1.165) is 46.3 Å². The first kappa shape index (κ1) is 20.2. The molecule has 1 aliphatic rings. The fourth-order valence-electron chi connectivity index (χ4n) is 4.56. The lowest BCUT2D eigenvalue weighted by Crippen LogP contribution is -2.25. The van der Waals surface area contributed by atoms with Crippen LogP contribution in [0, 0.1) is 11.1 Å². The van der Waals surface area contributed by atoms with Gasteiger partial charge in [0, 0.05) is 10.8 Å². The molecule has 0 aliphatic heterocycles. The number of aromatic nitrogens is 1. The van der Waals surface area contributed by atoms with Gasteiger partial charge in [0.1, 0.15) is 21.2 Å². The number of benzene rings is 2. The number of hydrogen-bond acceptors (Lipinski definition) is 3. The molecule has 1 aliphatic carbocycles. The molecule has 0 spiro atoms. The molecule has 0 atom stereocenters. The summed E-state index contributed by atoms with van der Waals surface area (Å²) < 4.78 is 6.72. The molecule has 1 fully saturated rings. The number of furan rings is 1. The maximum Gasteiger partial charge on any atom is 0.256 e. The topological polar surface area (TPSA) is 69.2 Å². The summed E-state index contributed by atoms with van der Waals surface area (Å²) in [5.41, 5.74) is 3.30. The van der Waals surface area contributed by atoms with Crippen molar-refractivity contribution in [1.29, 1.82) is 0 Å². The van der Waals surface area contributed by atoms with Gasteiger partial charge in [-0.25, -0.2) is 0 Å². The van der Waals surface area contributed by atoms with E-state index in [1.54, 1.807) is 0 Å². The molecule has 2 aromatic heterocycles. The van der Waals surface area contributed by atoms with Crippen LogP contribution in [0.3, 0.4) is 0 Å². The van der Waals surface area contributed by atoms with Gasteiger partial charge < -0.3 is 14.9 Å². The Morgan fingerprint density at radius 2 is 1.81 bits per heavy atom. The summed E-state index contributed by atoms with van der Waals surface area (Å²) in [5, 5.41) is 16.1. The molecule has 0 radical (unpaired) electrons. The van der Waals surface area contributed by atoms with E-state index in [1.165, 1.54) is 25.7 Å². The van der Waals surface area contributed by atoms with Gasteiger partial charge in [0.15, 0.2) is 0 Å². The highest BCUT2D eigenvalue weighted by Crippen LogP contribution is 2.37. The lowest BCUT2D eigenvalue weighted by molar-refractivity contribution is -0.605. The van der Waals surface area contributed by atoms with Crippen LogP contribution in [-0.2, 0) is 6.42 Å². The monoisotopic (exact) mass is 454 g/mol. The molecule has 2 heterocycles. The molecule has 0 saturated heterocycles. The molecule has 2 aromatic carbocycles. The van der Waals surface area contributed by atoms with Gasteiger partial charge in [-0.1, -0.05) is 73.2 Å². The molecule has 1 N–H and O–H groups in total.